The van der Waals surface area contributed by atoms with Crippen LogP contribution in [0.1, 0.15) is 10.5 Å². The molecule has 1 fully saturated rings. The van der Waals surface area contributed by atoms with Crippen molar-refractivity contribution in [2.24, 2.45) is 0 Å². The van der Waals surface area contributed by atoms with Crippen molar-refractivity contribution < 1.29 is 9.53 Å². The molecule has 0 spiro atoms. The molecule has 0 saturated carbocycles. The largest absolute Gasteiger partial charge is 0.378 e. The summed E-state index contributed by atoms with van der Waals surface area (Å²) in [5.74, 6) is 0.499. The van der Waals surface area contributed by atoms with E-state index < -0.39 is 0 Å². The molecule has 0 aliphatic carbocycles. The zero-order valence-corrected chi connectivity index (χ0v) is 13.9. The fourth-order valence-corrected chi connectivity index (χ4v) is 2.45. The van der Waals surface area contributed by atoms with Crippen LogP contribution in [0.2, 0.25) is 0 Å². The van der Waals surface area contributed by atoms with Crippen LogP contribution >= 0.6 is 0 Å². The van der Waals surface area contributed by atoms with Crippen LogP contribution in [-0.4, -0.2) is 56.5 Å². The minimum atomic E-state index is -0.270. The Morgan fingerprint density at radius 3 is 2.38 bits per heavy atom. The monoisotopic (exact) mass is 327 g/mol. The number of aromatic nitrogens is 2. The highest BCUT2D eigenvalue weighted by molar-refractivity contribution is 6.02. The highest BCUT2D eigenvalue weighted by atomic mass is 16.5. The average molecular weight is 327 g/mol. The Kier molecular flexibility index (Phi) is 4.90. The van der Waals surface area contributed by atoms with Gasteiger partial charge in [0.2, 0.25) is 0 Å². The van der Waals surface area contributed by atoms with Crippen LogP contribution in [0, 0.1) is 0 Å². The summed E-state index contributed by atoms with van der Waals surface area (Å²) in [6.07, 6.45) is 0. The highest BCUT2D eigenvalue weighted by Crippen LogP contribution is 2.17. The number of amides is 1. The summed E-state index contributed by atoms with van der Waals surface area (Å²) in [5, 5.41) is 11.0. The molecule has 1 aromatic heterocycles. The standard InChI is InChI=1S/C17H21N5O2/c1-21(2)14-5-3-13(4-6-14)18-17(23)15-7-8-16(20-19-15)22-9-11-24-12-10-22/h3-8H,9-12H2,1-2H3,(H,18,23). The van der Waals surface area contributed by atoms with Gasteiger partial charge >= 0.3 is 0 Å². The molecule has 1 aromatic carbocycles. The molecular formula is C17H21N5O2. The molecule has 1 amide bonds. The molecule has 126 valence electrons. The lowest BCUT2D eigenvalue weighted by molar-refractivity contribution is 0.102. The summed E-state index contributed by atoms with van der Waals surface area (Å²) < 4.78 is 5.32. The van der Waals surface area contributed by atoms with Crippen LogP contribution in [0.5, 0.6) is 0 Å². The molecule has 0 atom stereocenters. The topological polar surface area (TPSA) is 70.6 Å². The molecule has 1 aliphatic heterocycles. The summed E-state index contributed by atoms with van der Waals surface area (Å²) in [6.45, 7) is 2.95. The number of anilines is 3. The zero-order chi connectivity index (χ0) is 16.9. The van der Waals surface area contributed by atoms with Crippen molar-refractivity contribution in [1.29, 1.82) is 0 Å². The summed E-state index contributed by atoms with van der Waals surface area (Å²) in [7, 11) is 3.94. The summed E-state index contributed by atoms with van der Waals surface area (Å²) >= 11 is 0. The van der Waals surface area contributed by atoms with Crippen molar-refractivity contribution in [3.05, 3.63) is 42.1 Å². The van der Waals surface area contributed by atoms with Gasteiger partial charge in [-0.1, -0.05) is 0 Å². The van der Waals surface area contributed by atoms with E-state index in [1.807, 2.05) is 49.3 Å². The van der Waals surface area contributed by atoms with Crippen molar-refractivity contribution in [1.82, 2.24) is 10.2 Å². The third-order valence-electron chi connectivity index (χ3n) is 3.86. The number of nitrogens with one attached hydrogen (secondary N) is 1. The van der Waals surface area contributed by atoms with Crippen LogP contribution in [-0.2, 0) is 4.74 Å². The van der Waals surface area contributed by atoms with E-state index in [1.54, 1.807) is 6.07 Å². The second-order valence-electron chi connectivity index (χ2n) is 5.77. The van der Waals surface area contributed by atoms with Gasteiger partial charge in [-0.15, -0.1) is 10.2 Å². The number of carbonyl (C=O) groups excluding carboxylic acids is 1. The van der Waals surface area contributed by atoms with Crippen molar-refractivity contribution in [3.8, 4) is 0 Å². The van der Waals surface area contributed by atoms with Gasteiger partial charge in [-0.25, -0.2) is 0 Å². The third-order valence-corrected chi connectivity index (χ3v) is 3.86. The van der Waals surface area contributed by atoms with E-state index in [4.69, 9.17) is 4.74 Å². The predicted molar refractivity (Wildman–Crippen MR) is 93.8 cm³/mol. The maximum absolute atomic E-state index is 12.3. The van der Waals surface area contributed by atoms with Gasteiger partial charge in [0.15, 0.2) is 11.5 Å². The number of hydrogen-bond donors (Lipinski definition) is 1. The van der Waals surface area contributed by atoms with E-state index in [1.165, 1.54) is 0 Å². The maximum Gasteiger partial charge on any atom is 0.276 e. The molecular weight excluding hydrogens is 306 g/mol. The van der Waals surface area contributed by atoms with Gasteiger partial charge in [0.1, 0.15) is 0 Å². The highest BCUT2D eigenvalue weighted by Gasteiger charge is 2.14. The molecule has 7 nitrogen and oxygen atoms in total. The van der Waals surface area contributed by atoms with Crippen LogP contribution < -0.4 is 15.1 Å². The van der Waals surface area contributed by atoms with Gasteiger partial charge in [-0.05, 0) is 36.4 Å². The first-order valence-corrected chi connectivity index (χ1v) is 7.88. The maximum atomic E-state index is 12.3. The Bertz CT molecular complexity index is 679. The quantitative estimate of drug-likeness (QED) is 0.920. The summed E-state index contributed by atoms with van der Waals surface area (Å²) in [6, 6.07) is 11.1. The Morgan fingerprint density at radius 2 is 1.79 bits per heavy atom. The number of ether oxygens (including phenoxy) is 1. The molecule has 1 saturated heterocycles. The number of nitrogens with zero attached hydrogens (tertiary/aromatic N) is 4. The fourth-order valence-electron chi connectivity index (χ4n) is 2.45. The van der Waals surface area contributed by atoms with Crippen LogP contribution in [0.4, 0.5) is 17.2 Å². The lowest BCUT2D eigenvalue weighted by atomic mass is 10.2. The molecule has 2 heterocycles. The van der Waals surface area contributed by atoms with Gasteiger partial charge in [0.05, 0.1) is 13.2 Å². The minimum absolute atomic E-state index is 0.270. The lowest BCUT2D eigenvalue weighted by Gasteiger charge is -2.27. The van der Waals surface area contributed by atoms with Gasteiger partial charge < -0.3 is 19.9 Å². The van der Waals surface area contributed by atoms with Crippen molar-refractivity contribution in [2.75, 3.05) is 55.5 Å². The number of morpholine rings is 1. The lowest BCUT2D eigenvalue weighted by Crippen LogP contribution is -2.37. The minimum Gasteiger partial charge on any atom is -0.378 e. The first-order chi connectivity index (χ1) is 11.6. The summed E-state index contributed by atoms with van der Waals surface area (Å²) in [5.41, 5.74) is 2.09. The smallest absolute Gasteiger partial charge is 0.276 e. The van der Waals surface area contributed by atoms with Crippen LogP contribution in [0.15, 0.2) is 36.4 Å². The fraction of sp³-hybridized carbons (Fsp3) is 0.353. The summed E-state index contributed by atoms with van der Waals surface area (Å²) in [4.78, 5) is 16.4. The van der Waals surface area contributed by atoms with E-state index in [-0.39, 0.29) is 5.91 Å². The second kappa shape index (κ2) is 7.27. The molecule has 0 unspecified atom stereocenters. The number of rotatable bonds is 4. The number of benzene rings is 1. The molecule has 2 aromatic rings. The zero-order valence-electron chi connectivity index (χ0n) is 13.9. The molecule has 0 bridgehead atoms. The Balaban J connectivity index is 1.64. The van der Waals surface area contributed by atoms with Gasteiger partial charge in [0, 0.05) is 38.6 Å². The third kappa shape index (κ3) is 3.80. The molecule has 0 radical (unpaired) electrons. The van der Waals surface area contributed by atoms with Crippen molar-refractivity contribution in [2.45, 2.75) is 0 Å². The van der Waals surface area contributed by atoms with E-state index in [0.29, 0.717) is 18.9 Å². The van der Waals surface area contributed by atoms with Crippen LogP contribution in [0.3, 0.4) is 0 Å². The molecule has 24 heavy (non-hydrogen) atoms. The van der Waals surface area contributed by atoms with Crippen LogP contribution in [0.25, 0.3) is 0 Å². The van der Waals surface area contributed by atoms with E-state index in [9.17, 15) is 4.79 Å². The SMILES string of the molecule is CN(C)c1ccc(NC(=O)c2ccc(N3CCOCC3)nn2)cc1. The first kappa shape index (κ1) is 16.2. The van der Waals surface area contributed by atoms with Gasteiger partial charge in [0.25, 0.3) is 5.91 Å². The Hall–Kier alpha value is -2.67. The Morgan fingerprint density at radius 1 is 1.08 bits per heavy atom. The molecule has 1 N–H and O–H groups in total. The molecule has 7 heteroatoms. The molecule has 1 aliphatic rings. The van der Waals surface area contributed by atoms with Crippen molar-refractivity contribution in [3.63, 3.8) is 0 Å². The molecule has 3 rings (SSSR count). The first-order valence-electron chi connectivity index (χ1n) is 7.88. The normalized spacial score (nSPS) is 14.3. The van der Waals surface area contributed by atoms with E-state index in [2.05, 4.69) is 20.4 Å². The number of carbonyl (C=O) groups is 1. The van der Waals surface area contributed by atoms with Crippen molar-refractivity contribution >= 4 is 23.1 Å². The van der Waals surface area contributed by atoms with Gasteiger partial charge in [-0.2, -0.15) is 0 Å². The average Bonchev–Trinajstić information content (AvgIpc) is 2.63. The predicted octanol–water partition coefficient (Wildman–Crippen LogP) is 1.63. The van der Waals surface area contributed by atoms with E-state index >= 15 is 0 Å². The number of hydrogen-bond acceptors (Lipinski definition) is 6. The van der Waals surface area contributed by atoms with Gasteiger partial charge in [-0.3, -0.25) is 4.79 Å². The second-order valence-corrected chi connectivity index (χ2v) is 5.77. The Labute approximate surface area is 141 Å². The van der Waals surface area contributed by atoms with E-state index in [0.717, 1.165) is 30.3 Å².